The Morgan fingerprint density at radius 2 is 2.15 bits per heavy atom. The van der Waals surface area contributed by atoms with E-state index in [-0.39, 0.29) is 0 Å². The van der Waals surface area contributed by atoms with E-state index < -0.39 is 0 Å². The van der Waals surface area contributed by atoms with Crippen molar-refractivity contribution in [2.45, 2.75) is 12.6 Å². The standard InChI is InChI=1S/C10H14N2O/c11-10-4-2-1-3-8(10)5-12-9-6-13-7-9/h1-4,9,12H,5-7,11H2. The lowest BCUT2D eigenvalue weighted by atomic mass is 10.1. The van der Waals surface area contributed by atoms with Gasteiger partial charge in [-0.3, -0.25) is 0 Å². The highest BCUT2D eigenvalue weighted by Gasteiger charge is 2.17. The Balaban J connectivity index is 1.89. The largest absolute Gasteiger partial charge is 0.398 e. The summed E-state index contributed by atoms with van der Waals surface area (Å²) in [5.74, 6) is 0. The number of hydrogen-bond donors (Lipinski definition) is 2. The Kier molecular flexibility index (Phi) is 2.47. The van der Waals surface area contributed by atoms with E-state index in [2.05, 4.69) is 5.32 Å². The Bertz CT molecular complexity index is 284. The minimum Gasteiger partial charge on any atom is -0.398 e. The van der Waals surface area contributed by atoms with Crippen molar-refractivity contribution < 1.29 is 4.74 Å². The first-order valence-corrected chi connectivity index (χ1v) is 4.51. The van der Waals surface area contributed by atoms with Crippen molar-refractivity contribution in [2.75, 3.05) is 18.9 Å². The molecule has 0 spiro atoms. The van der Waals surface area contributed by atoms with Gasteiger partial charge < -0.3 is 15.8 Å². The highest BCUT2D eigenvalue weighted by atomic mass is 16.5. The summed E-state index contributed by atoms with van der Waals surface area (Å²) in [7, 11) is 0. The molecule has 3 N–H and O–H groups in total. The number of anilines is 1. The van der Waals surface area contributed by atoms with Crippen molar-refractivity contribution >= 4 is 5.69 Å². The zero-order valence-corrected chi connectivity index (χ0v) is 7.49. The van der Waals surface area contributed by atoms with E-state index in [9.17, 15) is 0 Å². The number of para-hydroxylation sites is 1. The van der Waals surface area contributed by atoms with Gasteiger partial charge in [-0.15, -0.1) is 0 Å². The molecule has 1 aromatic rings. The molecule has 0 unspecified atom stereocenters. The Morgan fingerprint density at radius 1 is 1.38 bits per heavy atom. The molecule has 0 bridgehead atoms. The van der Waals surface area contributed by atoms with E-state index >= 15 is 0 Å². The number of nitrogens with two attached hydrogens (primary N) is 1. The van der Waals surface area contributed by atoms with E-state index in [0.717, 1.165) is 31.0 Å². The van der Waals surface area contributed by atoms with Gasteiger partial charge in [0.15, 0.2) is 0 Å². The van der Waals surface area contributed by atoms with Gasteiger partial charge in [-0.1, -0.05) is 18.2 Å². The van der Waals surface area contributed by atoms with Crippen LogP contribution in [0.5, 0.6) is 0 Å². The first kappa shape index (κ1) is 8.53. The smallest absolute Gasteiger partial charge is 0.0643 e. The maximum absolute atomic E-state index is 5.79. The van der Waals surface area contributed by atoms with Gasteiger partial charge in [-0.25, -0.2) is 0 Å². The minimum atomic E-state index is 0.514. The van der Waals surface area contributed by atoms with E-state index in [4.69, 9.17) is 10.5 Å². The second-order valence-electron chi connectivity index (χ2n) is 3.31. The minimum absolute atomic E-state index is 0.514. The maximum atomic E-state index is 5.79. The van der Waals surface area contributed by atoms with Gasteiger partial charge in [-0.05, 0) is 11.6 Å². The molecule has 0 amide bonds. The third kappa shape index (κ3) is 1.99. The highest BCUT2D eigenvalue weighted by Crippen LogP contribution is 2.10. The second-order valence-corrected chi connectivity index (χ2v) is 3.31. The summed E-state index contributed by atoms with van der Waals surface area (Å²) >= 11 is 0. The summed E-state index contributed by atoms with van der Waals surface area (Å²) in [6.07, 6.45) is 0. The van der Waals surface area contributed by atoms with Crippen LogP contribution in [0.25, 0.3) is 0 Å². The van der Waals surface area contributed by atoms with Crippen LogP contribution in [-0.4, -0.2) is 19.3 Å². The zero-order chi connectivity index (χ0) is 9.10. The molecular weight excluding hydrogens is 164 g/mol. The fourth-order valence-electron chi connectivity index (χ4n) is 1.30. The predicted octanol–water partition coefficient (Wildman–Crippen LogP) is 0.757. The van der Waals surface area contributed by atoms with Crippen molar-refractivity contribution in [3.8, 4) is 0 Å². The molecule has 2 rings (SSSR count). The summed E-state index contributed by atoms with van der Waals surface area (Å²) in [6.45, 7) is 2.49. The summed E-state index contributed by atoms with van der Waals surface area (Å²) in [6, 6.07) is 8.44. The number of nitrogen functional groups attached to an aromatic ring is 1. The first-order chi connectivity index (χ1) is 6.36. The normalized spacial score (nSPS) is 16.9. The Labute approximate surface area is 77.9 Å². The lowest BCUT2D eigenvalue weighted by Gasteiger charge is -2.27. The monoisotopic (exact) mass is 178 g/mol. The van der Waals surface area contributed by atoms with Crippen LogP contribution in [0.1, 0.15) is 5.56 Å². The maximum Gasteiger partial charge on any atom is 0.0643 e. The van der Waals surface area contributed by atoms with E-state index in [1.807, 2.05) is 24.3 Å². The number of rotatable bonds is 3. The van der Waals surface area contributed by atoms with Crippen molar-refractivity contribution in [3.63, 3.8) is 0 Å². The molecule has 13 heavy (non-hydrogen) atoms. The Morgan fingerprint density at radius 3 is 2.77 bits per heavy atom. The molecule has 0 aliphatic carbocycles. The molecule has 3 heteroatoms. The molecule has 1 aromatic carbocycles. The summed E-state index contributed by atoms with van der Waals surface area (Å²) < 4.78 is 5.06. The van der Waals surface area contributed by atoms with Crippen LogP contribution in [0.3, 0.4) is 0 Å². The quantitative estimate of drug-likeness (QED) is 0.672. The van der Waals surface area contributed by atoms with Crippen LogP contribution in [0.4, 0.5) is 5.69 Å². The fourth-order valence-corrected chi connectivity index (χ4v) is 1.30. The van der Waals surface area contributed by atoms with Crippen molar-refractivity contribution in [1.82, 2.24) is 5.32 Å². The lowest BCUT2D eigenvalue weighted by molar-refractivity contribution is -0.00576. The molecule has 0 radical (unpaired) electrons. The van der Waals surface area contributed by atoms with Crippen LogP contribution in [0.15, 0.2) is 24.3 Å². The number of ether oxygens (including phenoxy) is 1. The molecule has 1 heterocycles. The number of benzene rings is 1. The molecule has 0 aromatic heterocycles. The molecule has 70 valence electrons. The van der Waals surface area contributed by atoms with Gasteiger partial charge in [0.2, 0.25) is 0 Å². The summed E-state index contributed by atoms with van der Waals surface area (Å²) in [4.78, 5) is 0. The van der Waals surface area contributed by atoms with Gasteiger partial charge in [0.05, 0.1) is 19.3 Å². The first-order valence-electron chi connectivity index (χ1n) is 4.51. The Hall–Kier alpha value is -1.06. The van der Waals surface area contributed by atoms with Crippen LogP contribution in [0, 0.1) is 0 Å². The van der Waals surface area contributed by atoms with E-state index in [1.54, 1.807) is 0 Å². The van der Waals surface area contributed by atoms with E-state index in [0.29, 0.717) is 6.04 Å². The molecule has 1 saturated heterocycles. The molecule has 0 saturated carbocycles. The molecule has 1 fully saturated rings. The molecule has 3 nitrogen and oxygen atoms in total. The van der Waals surface area contributed by atoms with Gasteiger partial charge in [0.1, 0.15) is 0 Å². The third-order valence-electron chi connectivity index (χ3n) is 2.27. The summed E-state index contributed by atoms with van der Waals surface area (Å²) in [5, 5.41) is 3.37. The number of hydrogen-bond acceptors (Lipinski definition) is 3. The lowest BCUT2D eigenvalue weighted by Crippen LogP contribution is -2.45. The van der Waals surface area contributed by atoms with Gasteiger partial charge in [0, 0.05) is 12.2 Å². The van der Waals surface area contributed by atoms with Crippen LogP contribution in [-0.2, 0) is 11.3 Å². The van der Waals surface area contributed by atoms with E-state index in [1.165, 1.54) is 0 Å². The third-order valence-corrected chi connectivity index (χ3v) is 2.27. The van der Waals surface area contributed by atoms with Gasteiger partial charge in [0.25, 0.3) is 0 Å². The number of nitrogens with one attached hydrogen (secondary N) is 1. The van der Waals surface area contributed by atoms with Gasteiger partial charge in [-0.2, -0.15) is 0 Å². The van der Waals surface area contributed by atoms with Crippen LogP contribution >= 0.6 is 0 Å². The molecule has 1 aliphatic heterocycles. The van der Waals surface area contributed by atoms with Crippen LogP contribution < -0.4 is 11.1 Å². The van der Waals surface area contributed by atoms with Crippen LogP contribution in [0.2, 0.25) is 0 Å². The van der Waals surface area contributed by atoms with Crippen molar-refractivity contribution in [1.29, 1.82) is 0 Å². The predicted molar refractivity (Wildman–Crippen MR) is 52.3 cm³/mol. The molecular formula is C10H14N2O. The molecule has 0 atom stereocenters. The van der Waals surface area contributed by atoms with Gasteiger partial charge >= 0.3 is 0 Å². The average molecular weight is 178 g/mol. The second kappa shape index (κ2) is 3.77. The summed E-state index contributed by atoms with van der Waals surface area (Å²) in [5.41, 5.74) is 7.81. The topological polar surface area (TPSA) is 47.3 Å². The highest BCUT2D eigenvalue weighted by molar-refractivity contribution is 5.46. The van der Waals surface area contributed by atoms with Crippen molar-refractivity contribution in [3.05, 3.63) is 29.8 Å². The van der Waals surface area contributed by atoms with Crippen molar-refractivity contribution in [2.24, 2.45) is 0 Å². The fraction of sp³-hybridized carbons (Fsp3) is 0.400. The molecule has 1 aliphatic rings. The SMILES string of the molecule is Nc1ccccc1CNC1COC1. The zero-order valence-electron chi connectivity index (χ0n) is 7.49. The average Bonchev–Trinajstić information content (AvgIpc) is 2.05.